The third-order valence-corrected chi connectivity index (χ3v) is 2.63. The van der Waals surface area contributed by atoms with Crippen molar-refractivity contribution >= 4 is 21.9 Å². The van der Waals surface area contributed by atoms with Crippen LogP contribution in [0, 0.1) is 0 Å². The predicted octanol–water partition coefficient (Wildman–Crippen LogP) is 1.63. The molecule has 86 valence electrons. The van der Waals surface area contributed by atoms with Crippen LogP contribution in [0.3, 0.4) is 0 Å². The number of carbonyl (C=O) groups is 1. The Morgan fingerprint density at radius 3 is 2.73 bits per heavy atom. The van der Waals surface area contributed by atoms with Crippen LogP contribution in [0.15, 0.2) is 12.2 Å². The largest absolute Gasteiger partial charge is 0.466 e. The average molecular weight is 279 g/mol. The molecule has 1 saturated heterocycles. The number of esters is 1. The van der Waals surface area contributed by atoms with Crippen LogP contribution in [0.4, 0.5) is 0 Å². The molecule has 1 rings (SSSR count). The summed E-state index contributed by atoms with van der Waals surface area (Å²) in [5.41, 5.74) is 0. The van der Waals surface area contributed by atoms with Crippen molar-refractivity contribution in [1.29, 1.82) is 0 Å². The van der Waals surface area contributed by atoms with Gasteiger partial charge in [-0.1, -0.05) is 15.9 Å². The molecule has 0 radical (unpaired) electrons. The molecule has 1 aliphatic rings. The van der Waals surface area contributed by atoms with Gasteiger partial charge in [0.1, 0.15) is 12.2 Å². The van der Waals surface area contributed by atoms with E-state index >= 15 is 0 Å². The van der Waals surface area contributed by atoms with Gasteiger partial charge in [-0.15, -0.1) is 0 Å². The monoisotopic (exact) mass is 278 g/mol. The van der Waals surface area contributed by atoms with E-state index in [1.807, 2.05) is 13.8 Å². The highest BCUT2D eigenvalue weighted by molar-refractivity contribution is 9.09. The fourth-order valence-corrected chi connectivity index (χ4v) is 1.89. The Bertz CT molecular complexity index is 262. The van der Waals surface area contributed by atoms with Crippen LogP contribution >= 0.6 is 15.9 Å². The van der Waals surface area contributed by atoms with Gasteiger partial charge in [-0.3, -0.25) is 0 Å². The summed E-state index contributed by atoms with van der Waals surface area (Å²) in [4.78, 5) is 10.9. The second kappa shape index (κ2) is 5.09. The predicted molar refractivity (Wildman–Crippen MR) is 58.8 cm³/mol. The van der Waals surface area contributed by atoms with Crippen LogP contribution in [0.5, 0.6) is 0 Å². The Kier molecular flexibility index (Phi) is 4.31. The maximum atomic E-state index is 10.9. The van der Waals surface area contributed by atoms with Crippen LogP contribution < -0.4 is 0 Å². The molecule has 0 unspecified atom stereocenters. The molecule has 1 aliphatic heterocycles. The highest BCUT2D eigenvalue weighted by Crippen LogP contribution is 2.29. The Morgan fingerprint density at radius 2 is 2.20 bits per heavy atom. The number of hydrogen-bond donors (Lipinski definition) is 0. The Balaban J connectivity index is 2.61. The lowest BCUT2D eigenvalue weighted by Gasteiger charge is -2.15. The van der Waals surface area contributed by atoms with Gasteiger partial charge in [0, 0.05) is 11.4 Å². The van der Waals surface area contributed by atoms with Crippen molar-refractivity contribution in [1.82, 2.24) is 0 Å². The molecular weight excluding hydrogens is 264 g/mol. The van der Waals surface area contributed by atoms with Crippen molar-refractivity contribution in [3.8, 4) is 0 Å². The zero-order chi connectivity index (χ0) is 11.5. The van der Waals surface area contributed by atoms with Crippen LogP contribution in [0.2, 0.25) is 0 Å². The molecule has 0 aromatic rings. The van der Waals surface area contributed by atoms with Crippen molar-refractivity contribution in [2.24, 2.45) is 0 Å². The van der Waals surface area contributed by atoms with Gasteiger partial charge in [0.15, 0.2) is 5.79 Å². The molecule has 0 N–H and O–H groups in total. The molecule has 0 aliphatic carbocycles. The Morgan fingerprint density at radius 1 is 1.53 bits per heavy atom. The van der Waals surface area contributed by atoms with E-state index in [0.29, 0.717) is 5.33 Å². The van der Waals surface area contributed by atoms with E-state index in [0.717, 1.165) is 0 Å². The minimum absolute atomic E-state index is 0.0825. The summed E-state index contributed by atoms with van der Waals surface area (Å²) in [6, 6.07) is 0. The average Bonchev–Trinajstić information content (AvgIpc) is 2.49. The molecule has 0 amide bonds. The second-order valence-electron chi connectivity index (χ2n) is 3.68. The molecule has 1 heterocycles. The van der Waals surface area contributed by atoms with E-state index in [4.69, 9.17) is 9.47 Å². The van der Waals surface area contributed by atoms with E-state index < -0.39 is 11.8 Å². The first-order valence-electron chi connectivity index (χ1n) is 4.66. The molecule has 0 aromatic heterocycles. The first-order chi connectivity index (χ1) is 6.98. The summed E-state index contributed by atoms with van der Waals surface area (Å²) in [5.74, 6) is -1.000. The van der Waals surface area contributed by atoms with Crippen molar-refractivity contribution in [3.05, 3.63) is 12.2 Å². The number of halogens is 1. The van der Waals surface area contributed by atoms with Crippen molar-refractivity contribution < 1.29 is 19.0 Å². The van der Waals surface area contributed by atoms with Gasteiger partial charge in [0.05, 0.1) is 7.11 Å². The minimum Gasteiger partial charge on any atom is -0.466 e. The summed E-state index contributed by atoms with van der Waals surface area (Å²) in [5, 5.41) is 0.659. The van der Waals surface area contributed by atoms with Gasteiger partial charge in [0.2, 0.25) is 0 Å². The van der Waals surface area contributed by atoms with Gasteiger partial charge >= 0.3 is 5.97 Å². The van der Waals surface area contributed by atoms with Crippen LogP contribution in [-0.2, 0) is 19.0 Å². The van der Waals surface area contributed by atoms with E-state index in [9.17, 15) is 4.79 Å². The maximum Gasteiger partial charge on any atom is 0.330 e. The highest BCUT2D eigenvalue weighted by Gasteiger charge is 2.39. The molecule has 0 bridgehead atoms. The zero-order valence-electron chi connectivity index (χ0n) is 9.03. The maximum absolute atomic E-state index is 10.9. The van der Waals surface area contributed by atoms with E-state index in [-0.39, 0.29) is 12.2 Å². The number of rotatable bonds is 3. The van der Waals surface area contributed by atoms with Crippen molar-refractivity contribution in [3.63, 3.8) is 0 Å². The summed E-state index contributed by atoms with van der Waals surface area (Å²) >= 11 is 3.34. The van der Waals surface area contributed by atoms with Crippen LogP contribution in [-0.4, -0.2) is 36.4 Å². The van der Waals surface area contributed by atoms with Crippen molar-refractivity contribution in [2.45, 2.75) is 31.8 Å². The number of carbonyl (C=O) groups excluding carboxylic acids is 1. The molecule has 0 aromatic carbocycles. The summed E-state index contributed by atoms with van der Waals surface area (Å²) in [6.45, 7) is 3.68. The Labute approximate surface area is 97.7 Å². The van der Waals surface area contributed by atoms with Gasteiger partial charge in [-0.25, -0.2) is 4.79 Å². The van der Waals surface area contributed by atoms with E-state index in [2.05, 4.69) is 20.7 Å². The number of ether oxygens (including phenoxy) is 3. The standard InChI is InChI=1S/C10H15BrO4/c1-10(2)14-7(8(6-11)15-10)4-5-9(12)13-3/h4-5,7-8H,6H2,1-3H3/b5-4+/t7-,8-/m1/s1. The van der Waals surface area contributed by atoms with Crippen LogP contribution in [0.1, 0.15) is 13.8 Å². The van der Waals surface area contributed by atoms with E-state index in [1.165, 1.54) is 13.2 Å². The first kappa shape index (κ1) is 12.7. The summed E-state index contributed by atoms with van der Waals surface area (Å²) in [7, 11) is 1.34. The molecular formula is C10H15BrO4. The fourth-order valence-electron chi connectivity index (χ4n) is 1.39. The topological polar surface area (TPSA) is 44.8 Å². The summed E-state index contributed by atoms with van der Waals surface area (Å²) in [6.07, 6.45) is 2.71. The Hall–Kier alpha value is -0.390. The minimum atomic E-state index is -0.608. The SMILES string of the molecule is COC(=O)/C=C/[C@H]1OC(C)(C)O[C@@H]1CBr. The molecule has 1 fully saturated rings. The molecule has 4 nitrogen and oxygen atoms in total. The van der Waals surface area contributed by atoms with Crippen molar-refractivity contribution in [2.75, 3.05) is 12.4 Å². The lowest BCUT2D eigenvalue weighted by atomic mass is 10.2. The first-order valence-corrected chi connectivity index (χ1v) is 5.78. The van der Waals surface area contributed by atoms with Gasteiger partial charge in [-0.05, 0) is 19.9 Å². The molecule has 15 heavy (non-hydrogen) atoms. The second-order valence-corrected chi connectivity index (χ2v) is 4.32. The number of hydrogen-bond acceptors (Lipinski definition) is 4. The highest BCUT2D eigenvalue weighted by atomic mass is 79.9. The summed E-state index contributed by atoms with van der Waals surface area (Å²) < 4.78 is 15.7. The smallest absolute Gasteiger partial charge is 0.330 e. The zero-order valence-corrected chi connectivity index (χ0v) is 10.6. The lowest BCUT2D eigenvalue weighted by Crippen LogP contribution is -2.22. The molecule has 5 heteroatoms. The normalized spacial score (nSPS) is 29.6. The molecule has 0 spiro atoms. The molecule has 2 atom stereocenters. The number of alkyl halides is 1. The van der Waals surface area contributed by atoms with E-state index in [1.54, 1.807) is 6.08 Å². The van der Waals surface area contributed by atoms with Gasteiger partial charge in [-0.2, -0.15) is 0 Å². The van der Waals surface area contributed by atoms with Crippen LogP contribution in [0.25, 0.3) is 0 Å². The third-order valence-electron chi connectivity index (χ3n) is 2.00. The number of methoxy groups -OCH3 is 1. The molecule has 0 saturated carbocycles. The third kappa shape index (κ3) is 3.59. The van der Waals surface area contributed by atoms with Gasteiger partial charge < -0.3 is 14.2 Å². The fraction of sp³-hybridized carbons (Fsp3) is 0.700. The lowest BCUT2D eigenvalue weighted by molar-refractivity contribution is -0.141. The van der Waals surface area contributed by atoms with Gasteiger partial charge in [0.25, 0.3) is 0 Å². The quantitative estimate of drug-likeness (QED) is 0.447.